The lowest BCUT2D eigenvalue weighted by atomic mass is 10.1. The van der Waals surface area contributed by atoms with E-state index < -0.39 is 12.9 Å². The molecule has 0 heterocycles. The highest BCUT2D eigenvalue weighted by atomic mass is 31.2. The molecule has 0 fully saturated rings. The summed E-state index contributed by atoms with van der Waals surface area (Å²) >= 11 is 0. The van der Waals surface area contributed by atoms with E-state index in [1.54, 1.807) is 0 Å². The van der Waals surface area contributed by atoms with Crippen LogP contribution in [0.1, 0.15) is 77.6 Å². The molecule has 0 spiro atoms. The third-order valence-electron chi connectivity index (χ3n) is 4.54. The summed E-state index contributed by atoms with van der Waals surface area (Å²) in [6.45, 7) is 2.26. The largest absolute Gasteiger partial charge is 0.373 e. The number of quaternary nitrogens is 1. The number of rotatable bonds is 16. The van der Waals surface area contributed by atoms with Gasteiger partial charge in [0.1, 0.15) is 6.54 Å². The molecule has 0 amide bonds. The highest BCUT2D eigenvalue weighted by Crippen LogP contribution is 2.52. The van der Waals surface area contributed by atoms with Gasteiger partial charge in [-0.05, 0) is 38.5 Å². The molecule has 5 nitrogen and oxygen atoms in total. The molecule has 27 heavy (non-hydrogen) atoms. The zero-order chi connectivity index (χ0) is 20.8. The number of hydrogen-bond acceptors (Lipinski definition) is 2. The summed E-state index contributed by atoms with van der Waals surface area (Å²) in [6, 6.07) is 0. The van der Waals surface area contributed by atoms with Crippen molar-refractivity contribution in [2.24, 2.45) is 0 Å². The highest BCUT2D eigenvalue weighted by molar-refractivity contribution is 7.53. The molecule has 0 aliphatic carbocycles. The second-order valence-electron chi connectivity index (χ2n) is 8.59. The van der Waals surface area contributed by atoms with Gasteiger partial charge >= 0.3 is 7.60 Å². The maximum absolute atomic E-state index is 11.7. The molecule has 0 aromatic heterocycles. The van der Waals surface area contributed by atoms with Gasteiger partial charge in [-0.15, -0.1) is 0 Å². The fraction of sp³-hybridized carbons (Fsp3) is 0.810. The first-order valence-corrected chi connectivity index (χ1v) is 12.0. The quantitative estimate of drug-likeness (QED) is 0.147. The molecule has 3 N–H and O–H groups in total. The van der Waals surface area contributed by atoms with Crippen LogP contribution in [0.15, 0.2) is 24.3 Å². The molecule has 0 bridgehead atoms. The molecule has 0 aliphatic rings. The molecular formula is C21H43NO4P+. The molecule has 0 aromatic carbocycles. The van der Waals surface area contributed by atoms with Gasteiger partial charge in [-0.1, -0.05) is 63.3 Å². The summed E-state index contributed by atoms with van der Waals surface area (Å²) in [6.07, 6.45) is 19.9. The lowest BCUT2D eigenvalue weighted by molar-refractivity contribution is -0.875. The fourth-order valence-corrected chi connectivity index (χ4v) is 4.13. The predicted octanol–water partition coefficient (Wildman–Crippen LogP) is 4.98. The zero-order valence-electron chi connectivity index (χ0n) is 17.9. The van der Waals surface area contributed by atoms with Crippen molar-refractivity contribution in [2.45, 2.75) is 82.9 Å². The maximum Gasteiger partial charge on any atom is 0.362 e. The zero-order valence-corrected chi connectivity index (χ0v) is 18.8. The molecule has 0 saturated carbocycles. The van der Waals surface area contributed by atoms with Crippen molar-refractivity contribution in [3.63, 3.8) is 0 Å². The van der Waals surface area contributed by atoms with E-state index in [4.69, 9.17) is 0 Å². The van der Waals surface area contributed by atoms with Gasteiger partial charge in [0.15, 0.2) is 0 Å². The minimum Gasteiger partial charge on any atom is -0.373 e. The monoisotopic (exact) mass is 404 g/mol. The lowest BCUT2D eigenvalue weighted by Gasteiger charge is -2.35. The average Bonchev–Trinajstić information content (AvgIpc) is 2.52. The van der Waals surface area contributed by atoms with E-state index in [1.807, 2.05) is 33.3 Å². The maximum atomic E-state index is 11.7. The SMILES string of the molecule is CCCCCCCC/C=C\CC/C=C\CCC(O)(C[N+](C)(C)C)P(=O)(O)O. The summed E-state index contributed by atoms with van der Waals surface area (Å²) in [4.78, 5) is 19.0. The van der Waals surface area contributed by atoms with Gasteiger partial charge < -0.3 is 19.4 Å². The molecule has 160 valence electrons. The van der Waals surface area contributed by atoms with Crippen molar-refractivity contribution in [1.29, 1.82) is 0 Å². The lowest BCUT2D eigenvalue weighted by Crippen LogP contribution is -2.49. The van der Waals surface area contributed by atoms with Gasteiger partial charge in [-0.3, -0.25) is 4.57 Å². The minimum atomic E-state index is -4.58. The Hall–Kier alpha value is -0.450. The predicted molar refractivity (Wildman–Crippen MR) is 115 cm³/mol. The summed E-state index contributed by atoms with van der Waals surface area (Å²) in [7, 11) is 0.865. The molecule has 0 aliphatic heterocycles. The van der Waals surface area contributed by atoms with Crippen LogP contribution in [-0.2, 0) is 4.57 Å². The Kier molecular flexibility index (Phi) is 13.5. The standard InChI is InChI=1S/C21H42NO4P/c1-5-6-7-8-9-10-11-12-13-14-15-16-17-18-19-21(23,27(24,25)26)20-22(2,3)4/h12-13,16-17,23H,5-11,14-15,18-20H2,1-4H3,(H-,24,25,26)/p+1/b13-12-,17-16-. The summed E-state index contributed by atoms with van der Waals surface area (Å²) in [5.74, 6) is 0. The normalized spacial score (nSPS) is 15.7. The van der Waals surface area contributed by atoms with Crippen molar-refractivity contribution in [2.75, 3.05) is 27.7 Å². The van der Waals surface area contributed by atoms with Gasteiger partial charge in [0.05, 0.1) is 21.1 Å². The fourth-order valence-electron chi connectivity index (χ4n) is 3.10. The first kappa shape index (κ1) is 26.6. The molecule has 1 unspecified atom stereocenters. The number of nitrogens with zero attached hydrogens (tertiary/aromatic N) is 1. The summed E-state index contributed by atoms with van der Waals surface area (Å²) < 4.78 is 12.0. The number of unbranched alkanes of at least 4 members (excludes halogenated alkanes) is 7. The van der Waals surface area contributed by atoms with Crippen LogP contribution in [0.25, 0.3) is 0 Å². The van der Waals surface area contributed by atoms with E-state index in [0.717, 1.165) is 19.3 Å². The first-order chi connectivity index (χ1) is 12.5. The second-order valence-corrected chi connectivity index (χ2v) is 10.5. The van der Waals surface area contributed by atoms with E-state index in [9.17, 15) is 19.5 Å². The Labute approximate surface area is 166 Å². The van der Waals surface area contributed by atoms with Crippen molar-refractivity contribution in [3.8, 4) is 0 Å². The van der Waals surface area contributed by atoms with Gasteiger partial charge in [0.2, 0.25) is 5.34 Å². The Morgan fingerprint density at radius 2 is 1.30 bits per heavy atom. The highest BCUT2D eigenvalue weighted by Gasteiger charge is 2.48. The summed E-state index contributed by atoms with van der Waals surface area (Å²) in [5.41, 5.74) is 0. The Balaban J connectivity index is 3.98. The number of allylic oxidation sites excluding steroid dienone is 4. The van der Waals surface area contributed by atoms with E-state index in [0.29, 0.717) is 10.9 Å². The van der Waals surface area contributed by atoms with E-state index >= 15 is 0 Å². The third-order valence-corrected chi connectivity index (χ3v) is 5.99. The second kappa shape index (κ2) is 13.7. The van der Waals surface area contributed by atoms with Gasteiger partial charge in [0, 0.05) is 0 Å². The average molecular weight is 405 g/mol. The van der Waals surface area contributed by atoms with E-state index in [-0.39, 0.29) is 13.0 Å². The van der Waals surface area contributed by atoms with Gasteiger partial charge in [-0.25, -0.2) is 0 Å². The van der Waals surface area contributed by atoms with E-state index in [2.05, 4.69) is 19.1 Å². The van der Waals surface area contributed by atoms with Crippen LogP contribution < -0.4 is 0 Å². The van der Waals surface area contributed by atoms with Crippen LogP contribution in [0, 0.1) is 0 Å². The topological polar surface area (TPSA) is 77.8 Å². The molecule has 0 saturated heterocycles. The molecule has 6 heteroatoms. The molecule has 0 rings (SSSR count). The smallest absolute Gasteiger partial charge is 0.362 e. The number of hydrogen-bond donors (Lipinski definition) is 3. The molecular weight excluding hydrogens is 361 g/mol. The Morgan fingerprint density at radius 1 is 0.815 bits per heavy atom. The molecule has 1 atom stereocenters. The van der Waals surface area contributed by atoms with Crippen molar-refractivity contribution < 1.29 is 23.9 Å². The van der Waals surface area contributed by atoms with Crippen LogP contribution in [0.2, 0.25) is 0 Å². The van der Waals surface area contributed by atoms with Crippen molar-refractivity contribution in [1.82, 2.24) is 0 Å². The van der Waals surface area contributed by atoms with Crippen LogP contribution in [0.5, 0.6) is 0 Å². The summed E-state index contributed by atoms with van der Waals surface area (Å²) in [5, 5.41) is 8.49. The number of aliphatic hydroxyl groups is 1. The third kappa shape index (κ3) is 14.2. The Bertz CT molecular complexity index is 479. The van der Waals surface area contributed by atoms with Gasteiger partial charge in [-0.2, -0.15) is 0 Å². The Morgan fingerprint density at radius 3 is 1.81 bits per heavy atom. The molecule has 0 aromatic rings. The van der Waals surface area contributed by atoms with Crippen LogP contribution >= 0.6 is 7.60 Å². The molecule has 0 radical (unpaired) electrons. The van der Waals surface area contributed by atoms with Crippen molar-refractivity contribution in [3.05, 3.63) is 24.3 Å². The number of likely N-dealkylation sites (N-methyl/N-ethyl adjacent to an activating group) is 1. The van der Waals surface area contributed by atoms with E-state index in [1.165, 1.54) is 38.5 Å². The van der Waals surface area contributed by atoms with Crippen LogP contribution in [0.4, 0.5) is 0 Å². The first-order valence-electron chi connectivity index (χ1n) is 10.4. The van der Waals surface area contributed by atoms with Gasteiger partial charge in [0.25, 0.3) is 0 Å². The minimum absolute atomic E-state index is 0.0201. The van der Waals surface area contributed by atoms with Crippen LogP contribution in [-0.4, -0.2) is 52.4 Å². The van der Waals surface area contributed by atoms with Crippen molar-refractivity contribution >= 4 is 7.60 Å². The van der Waals surface area contributed by atoms with Crippen LogP contribution in [0.3, 0.4) is 0 Å².